The Labute approximate surface area is 146 Å². The van der Waals surface area contributed by atoms with E-state index >= 15 is 0 Å². The Kier molecular flexibility index (Phi) is 5.16. The number of benzene rings is 1. The van der Waals surface area contributed by atoms with E-state index in [1.807, 2.05) is 6.92 Å². The molecule has 0 saturated carbocycles. The van der Waals surface area contributed by atoms with Gasteiger partial charge in [-0.25, -0.2) is 4.39 Å². The number of pyridine rings is 1. The van der Waals surface area contributed by atoms with E-state index in [0.29, 0.717) is 12.1 Å². The van der Waals surface area contributed by atoms with Crippen LogP contribution < -0.4 is 15.8 Å². The highest BCUT2D eigenvalue weighted by atomic mass is 19.1. The molecule has 1 aliphatic rings. The van der Waals surface area contributed by atoms with Gasteiger partial charge in [0.2, 0.25) is 0 Å². The van der Waals surface area contributed by atoms with Gasteiger partial charge in [-0.1, -0.05) is 0 Å². The number of anilines is 1. The molecule has 1 N–H and O–H groups in total. The molecule has 2 heterocycles. The Hall–Kier alpha value is -2.63. The molecule has 1 amide bonds. The predicted octanol–water partition coefficient (Wildman–Crippen LogP) is 2.41. The summed E-state index contributed by atoms with van der Waals surface area (Å²) >= 11 is 0. The zero-order chi connectivity index (χ0) is 17.8. The van der Waals surface area contributed by atoms with E-state index in [2.05, 4.69) is 10.2 Å². The average Bonchev–Trinajstić information content (AvgIpc) is 2.63. The number of carbonyl (C=O) groups is 1. The number of aromatic nitrogens is 1. The van der Waals surface area contributed by atoms with Gasteiger partial charge in [0, 0.05) is 49.2 Å². The monoisotopic (exact) mass is 343 g/mol. The Bertz CT molecular complexity index is 793. The van der Waals surface area contributed by atoms with Gasteiger partial charge in [0.05, 0.1) is 0 Å². The highest BCUT2D eigenvalue weighted by molar-refractivity contribution is 5.94. The van der Waals surface area contributed by atoms with Gasteiger partial charge in [0.25, 0.3) is 11.5 Å². The van der Waals surface area contributed by atoms with E-state index in [9.17, 15) is 14.0 Å². The second-order valence-electron chi connectivity index (χ2n) is 6.25. The number of nitrogens with one attached hydrogen (secondary N) is 1. The first-order valence-corrected chi connectivity index (χ1v) is 8.58. The standard InChI is InChI=1S/C19H22FN3O2/c1-2-22-10-7-14(13-18(22)24)19(25)21-16-8-11-23(12-9-16)17-5-3-15(20)4-6-17/h3-7,10,13,16H,2,8-9,11-12H2,1H3,(H,21,25). The van der Waals surface area contributed by atoms with E-state index in [1.165, 1.54) is 18.2 Å². The minimum absolute atomic E-state index is 0.0813. The lowest BCUT2D eigenvalue weighted by atomic mass is 10.0. The number of rotatable bonds is 4. The van der Waals surface area contributed by atoms with Crippen molar-refractivity contribution in [3.8, 4) is 0 Å². The lowest BCUT2D eigenvalue weighted by molar-refractivity contribution is 0.0930. The van der Waals surface area contributed by atoms with E-state index in [0.717, 1.165) is 31.6 Å². The molecule has 3 rings (SSSR count). The molecule has 6 heteroatoms. The number of hydrogen-bond donors (Lipinski definition) is 1. The first-order chi connectivity index (χ1) is 12.1. The van der Waals surface area contributed by atoms with E-state index < -0.39 is 0 Å². The van der Waals surface area contributed by atoms with Crippen LogP contribution in [-0.4, -0.2) is 29.6 Å². The molecule has 1 aliphatic heterocycles. The van der Waals surface area contributed by atoms with Gasteiger partial charge < -0.3 is 14.8 Å². The van der Waals surface area contributed by atoms with E-state index in [-0.39, 0.29) is 23.3 Å². The molecule has 0 atom stereocenters. The number of amides is 1. The first kappa shape index (κ1) is 17.2. The summed E-state index contributed by atoms with van der Waals surface area (Å²) in [5.74, 6) is -0.448. The summed E-state index contributed by atoms with van der Waals surface area (Å²) in [4.78, 5) is 26.4. The Morgan fingerprint density at radius 1 is 1.20 bits per heavy atom. The molecule has 0 aliphatic carbocycles. The summed E-state index contributed by atoms with van der Waals surface area (Å²) in [6.45, 7) is 4.07. The Morgan fingerprint density at radius 2 is 1.88 bits per heavy atom. The second-order valence-corrected chi connectivity index (χ2v) is 6.25. The highest BCUT2D eigenvalue weighted by Crippen LogP contribution is 2.20. The molecule has 132 valence electrons. The maximum Gasteiger partial charge on any atom is 0.251 e. The lowest BCUT2D eigenvalue weighted by Crippen LogP contribution is -2.45. The molecule has 5 nitrogen and oxygen atoms in total. The third-order valence-electron chi connectivity index (χ3n) is 4.62. The number of carbonyl (C=O) groups excluding carboxylic acids is 1. The van der Waals surface area contributed by atoms with Gasteiger partial charge in [-0.15, -0.1) is 0 Å². The van der Waals surface area contributed by atoms with Crippen LogP contribution in [0.25, 0.3) is 0 Å². The summed E-state index contributed by atoms with van der Waals surface area (Å²) in [6, 6.07) is 9.61. The smallest absolute Gasteiger partial charge is 0.251 e. The van der Waals surface area contributed by atoms with Crippen molar-refractivity contribution in [1.82, 2.24) is 9.88 Å². The molecular weight excluding hydrogens is 321 g/mol. The van der Waals surface area contributed by atoms with Gasteiger partial charge in [-0.2, -0.15) is 0 Å². The van der Waals surface area contributed by atoms with Crippen molar-refractivity contribution in [3.63, 3.8) is 0 Å². The highest BCUT2D eigenvalue weighted by Gasteiger charge is 2.21. The van der Waals surface area contributed by atoms with Crippen LogP contribution in [0.3, 0.4) is 0 Å². The molecule has 1 aromatic heterocycles. The summed E-state index contributed by atoms with van der Waals surface area (Å²) in [5, 5.41) is 3.01. The minimum Gasteiger partial charge on any atom is -0.371 e. The van der Waals surface area contributed by atoms with E-state index in [1.54, 1.807) is 29.0 Å². The maximum atomic E-state index is 13.0. The van der Waals surface area contributed by atoms with Crippen LogP contribution in [0.1, 0.15) is 30.1 Å². The Morgan fingerprint density at radius 3 is 2.48 bits per heavy atom. The van der Waals surface area contributed by atoms with Crippen molar-refractivity contribution in [2.24, 2.45) is 0 Å². The molecule has 0 unspecified atom stereocenters. The fourth-order valence-electron chi connectivity index (χ4n) is 3.11. The van der Waals surface area contributed by atoms with Crippen LogP contribution >= 0.6 is 0 Å². The van der Waals surface area contributed by atoms with Crippen molar-refractivity contribution in [2.75, 3.05) is 18.0 Å². The molecule has 0 radical (unpaired) electrons. The third-order valence-corrected chi connectivity index (χ3v) is 4.62. The van der Waals surface area contributed by atoms with Crippen molar-refractivity contribution in [2.45, 2.75) is 32.4 Å². The number of piperidine rings is 1. The van der Waals surface area contributed by atoms with Crippen LogP contribution in [0.2, 0.25) is 0 Å². The number of hydrogen-bond acceptors (Lipinski definition) is 3. The fraction of sp³-hybridized carbons (Fsp3) is 0.368. The zero-order valence-corrected chi connectivity index (χ0v) is 14.2. The van der Waals surface area contributed by atoms with Crippen molar-refractivity contribution >= 4 is 11.6 Å². The van der Waals surface area contributed by atoms with Crippen LogP contribution in [0, 0.1) is 5.82 Å². The number of halogens is 1. The third kappa shape index (κ3) is 4.07. The van der Waals surface area contributed by atoms with Crippen LogP contribution in [-0.2, 0) is 6.54 Å². The van der Waals surface area contributed by atoms with Crippen molar-refractivity contribution in [3.05, 3.63) is 64.3 Å². The normalized spacial score (nSPS) is 15.2. The molecule has 25 heavy (non-hydrogen) atoms. The maximum absolute atomic E-state index is 13.0. The van der Waals surface area contributed by atoms with Gasteiger partial charge >= 0.3 is 0 Å². The molecule has 0 spiro atoms. The topological polar surface area (TPSA) is 54.3 Å². The minimum atomic E-state index is -0.240. The second kappa shape index (κ2) is 7.51. The number of aryl methyl sites for hydroxylation is 1. The van der Waals surface area contributed by atoms with Gasteiger partial charge in [0.15, 0.2) is 0 Å². The van der Waals surface area contributed by atoms with Crippen LogP contribution in [0.5, 0.6) is 0 Å². The lowest BCUT2D eigenvalue weighted by Gasteiger charge is -2.34. The average molecular weight is 343 g/mol. The van der Waals surface area contributed by atoms with Crippen molar-refractivity contribution < 1.29 is 9.18 Å². The van der Waals surface area contributed by atoms with Gasteiger partial charge in [-0.3, -0.25) is 9.59 Å². The zero-order valence-electron chi connectivity index (χ0n) is 14.2. The van der Waals surface area contributed by atoms with Crippen LogP contribution in [0.15, 0.2) is 47.4 Å². The summed E-state index contributed by atoms with van der Waals surface area (Å²) in [7, 11) is 0. The first-order valence-electron chi connectivity index (χ1n) is 8.58. The van der Waals surface area contributed by atoms with Gasteiger partial charge in [-0.05, 0) is 50.1 Å². The number of nitrogens with zero attached hydrogens (tertiary/aromatic N) is 2. The summed E-state index contributed by atoms with van der Waals surface area (Å²) in [5.41, 5.74) is 1.23. The SMILES string of the molecule is CCn1ccc(C(=O)NC2CCN(c3ccc(F)cc3)CC2)cc1=O. The summed E-state index contributed by atoms with van der Waals surface area (Å²) < 4.78 is 14.6. The fourth-order valence-corrected chi connectivity index (χ4v) is 3.11. The molecule has 1 saturated heterocycles. The van der Waals surface area contributed by atoms with Gasteiger partial charge in [0.1, 0.15) is 5.82 Å². The molecule has 0 bridgehead atoms. The molecule has 2 aromatic rings. The predicted molar refractivity (Wildman–Crippen MR) is 95.5 cm³/mol. The molecule has 1 aromatic carbocycles. The van der Waals surface area contributed by atoms with Crippen molar-refractivity contribution in [1.29, 1.82) is 0 Å². The molecular formula is C19H22FN3O2. The van der Waals surface area contributed by atoms with E-state index in [4.69, 9.17) is 0 Å². The largest absolute Gasteiger partial charge is 0.371 e. The Balaban J connectivity index is 1.56. The quantitative estimate of drug-likeness (QED) is 0.927. The van der Waals surface area contributed by atoms with Crippen LogP contribution in [0.4, 0.5) is 10.1 Å². The molecule has 1 fully saturated rings. The summed E-state index contributed by atoms with van der Waals surface area (Å²) in [6.07, 6.45) is 3.28.